The van der Waals surface area contributed by atoms with E-state index in [1.165, 1.54) is 11.1 Å². The van der Waals surface area contributed by atoms with E-state index in [1.54, 1.807) is 6.92 Å². The van der Waals surface area contributed by atoms with Gasteiger partial charge in [0.15, 0.2) is 0 Å². The fraction of sp³-hybridized carbons (Fsp3) is 0.500. The molecule has 0 atom stereocenters. The van der Waals surface area contributed by atoms with E-state index in [0.717, 1.165) is 25.9 Å². The van der Waals surface area contributed by atoms with E-state index in [1.807, 2.05) is 4.90 Å². The predicted molar refractivity (Wildman–Crippen MR) is 68.6 cm³/mol. The van der Waals surface area contributed by atoms with Crippen molar-refractivity contribution in [2.45, 2.75) is 32.2 Å². The second kappa shape index (κ2) is 5.32. The van der Waals surface area contributed by atoms with Gasteiger partial charge in [0.1, 0.15) is 0 Å². The number of rotatable bonds is 2. The van der Waals surface area contributed by atoms with Crippen LogP contribution in [0.25, 0.3) is 0 Å². The molecule has 1 fully saturated rings. The first-order valence-electron chi connectivity index (χ1n) is 6.25. The van der Waals surface area contributed by atoms with Gasteiger partial charge in [-0.3, -0.25) is 4.79 Å². The molecule has 1 saturated heterocycles. The normalized spacial score (nSPS) is 17.2. The number of nitrogens with zero attached hydrogens (tertiary/aromatic N) is 1. The average molecular weight is 232 g/mol. The van der Waals surface area contributed by atoms with Gasteiger partial charge in [-0.1, -0.05) is 24.3 Å². The van der Waals surface area contributed by atoms with Gasteiger partial charge in [-0.15, -0.1) is 0 Å². The summed E-state index contributed by atoms with van der Waals surface area (Å²) in [4.78, 5) is 13.2. The lowest BCUT2D eigenvalue weighted by atomic mass is 9.89. The summed E-state index contributed by atoms with van der Waals surface area (Å²) in [6.07, 6.45) is 2.14. The third kappa shape index (κ3) is 2.86. The Kier molecular flexibility index (Phi) is 3.79. The maximum absolute atomic E-state index is 11.2. The molecule has 2 rings (SSSR count). The molecule has 17 heavy (non-hydrogen) atoms. The van der Waals surface area contributed by atoms with E-state index in [4.69, 9.17) is 5.73 Å². The van der Waals surface area contributed by atoms with Crippen molar-refractivity contribution in [3.8, 4) is 0 Å². The van der Waals surface area contributed by atoms with Gasteiger partial charge in [-0.05, 0) is 29.9 Å². The molecule has 3 nitrogen and oxygen atoms in total. The first kappa shape index (κ1) is 12.1. The minimum Gasteiger partial charge on any atom is -0.343 e. The Bertz CT molecular complexity index is 378. The summed E-state index contributed by atoms with van der Waals surface area (Å²) in [6, 6.07) is 8.56. The molecule has 1 aromatic carbocycles. The molecule has 0 aliphatic carbocycles. The van der Waals surface area contributed by atoms with Crippen molar-refractivity contribution in [1.29, 1.82) is 0 Å². The smallest absolute Gasteiger partial charge is 0.219 e. The molecule has 92 valence electrons. The number of hydrogen-bond donors (Lipinski definition) is 1. The minimum atomic E-state index is 0.196. The van der Waals surface area contributed by atoms with Crippen LogP contribution in [0.5, 0.6) is 0 Å². The molecule has 1 aromatic rings. The van der Waals surface area contributed by atoms with E-state index in [0.29, 0.717) is 12.5 Å². The van der Waals surface area contributed by atoms with Crippen molar-refractivity contribution in [3.05, 3.63) is 35.4 Å². The van der Waals surface area contributed by atoms with E-state index >= 15 is 0 Å². The van der Waals surface area contributed by atoms with Gasteiger partial charge in [0.05, 0.1) is 0 Å². The summed E-state index contributed by atoms with van der Waals surface area (Å²) in [6.45, 7) is 4.02. The van der Waals surface area contributed by atoms with E-state index in [9.17, 15) is 4.79 Å². The van der Waals surface area contributed by atoms with Crippen molar-refractivity contribution in [3.63, 3.8) is 0 Å². The highest BCUT2D eigenvalue weighted by atomic mass is 16.2. The molecule has 0 bridgehead atoms. The summed E-state index contributed by atoms with van der Waals surface area (Å²) >= 11 is 0. The van der Waals surface area contributed by atoms with E-state index < -0.39 is 0 Å². The highest BCUT2D eigenvalue weighted by Gasteiger charge is 2.21. The monoisotopic (exact) mass is 232 g/mol. The van der Waals surface area contributed by atoms with Crippen LogP contribution < -0.4 is 5.73 Å². The number of piperidine rings is 1. The van der Waals surface area contributed by atoms with Gasteiger partial charge in [0, 0.05) is 26.6 Å². The van der Waals surface area contributed by atoms with Crippen molar-refractivity contribution in [2.24, 2.45) is 5.73 Å². The Morgan fingerprint density at radius 3 is 2.35 bits per heavy atom. The molecule has 0 aromatic heterocycles. The lowest BCUT2D eigenvalue weighted by molar-refractivity contribution is -0.129. The lowest BCUT2D eigenvalue weighted by Crippen LogP contribution is -2.36. The zero-order chi connectivity index (χ0) is 12.3. The molecule has 1 heterocycles. The Morgan fingerprint density at radius 2 is 1.88 bits per heavy atom. The summed E-state index contributed by atoms with van der Waals surface area (Å²) in [5.74, 6) is 0.791. The van der Waals surface area contributed by atoms with Gasteiger partial charge >= 0.3 is 0 Å². The SMILES string of the molecule is CC(=O)N1CCC(c2ccc(CN)cc2)CC1. The maximum atomic E-state index is 11.2. The maximum Gasteiger partial charge on any atom is 0.219 e. The second-order valence-corrected chi connectivity index (χ2v) is 4.73. The first-order chi connectivity index (χ1) is 8.20. The zero-order valence-corrected chi connectivity index (χ0v) is 10.4. The summed E-state index contributed by atoms with van der Waals surface area (Å²) in [5, 5.41) is 0. The van der Waals surface area contributed by atoms with E-state index in [2.05, 4.69) is 24.3 Å². The molecule has 1 amide bonds. The molecule has 1 aliphatic heterocycles. The number of likely N-dealkylation sites (tertiary alicyclic amines) is 1. The standard InChI is InChI=1S/C14H20N2O/c1-11(17)16-8-6-14(7-9-16)13-4-2-12(10-15)3-5-13/h2-5,14H,6-10,15H2,1H3. The molecule has 1 aliphatic rings. The quantitative estimate of drug-likeness (QED) is 0.846. The molecular weight excluding hydrogens is 212 g/mol. The number of hydrogen-bond acceptors (Lipinski definition) is 2. The molecular formula is C14H20N2O. The minimum absolute atomic E-state index is 0.196. The first-order valence-corrected chi connectivity index (χ1v) is 6.25. The Balaban J connectivity index is 1.97. The van der Waals surface area contributed by atoms with Crippen LogP contribution in [0, 0.1) is 0 Å². The third-order valence-corrected chi connectivity index (χ3v) is 3.63. The highest BCUT2D eigenvalue weighted by molar-refractivity contribution is 5.73. The lowest BCUT2D eigenvalue weighted by Gasteiger charge is -2.31. The summed E-state index contributed by atoms with van der Waals surface area (Å²) in [5.41, 5.74) is 8.14. The Morgan fingerprint density at radius 1 is 1.29 bits per heavy atom. The van der Waals surface area contributed by atoms with Gasteiger partial charge in [0.25, 0.3) is 0 Å². The van der Waals surface area contributed by atoms with Gasteiger partial charge < -0.3 is 10.6 Å². The van der Waals surface area contributed by atoms with Crippen LogP contribution >= 0.6 is 0 Å². The fourth-order valence-corrected chi connectivity index (χ4v) is 2.45. The van der Waals surface area contributed by atoms with Crippen molar-refractivity contribution in [2.75, 3.05) is 13.1 Å². The van der Waals surface area contributed by atoms with Crippen molar-refractivity contribution < 1.29 is 4.79 Å². The number of carbonyl (C=O) groups is 1. The van der Waals surface area contributed by atoms with Crippen LogP contribution in [0.1, 0.15) is 36.8 Å². The Labute approximate surface area is 103 Å². The van der Waals surface area contributed by atoms with Gasteiger partial charge in [-0.25, -0.2) is 0 Å². The molecule has 2 N–H and O–H groups in total. The molecule has 0 unspecified atom stereocenters. The molecule has 0 radical (unpaired) electrons. The number of benzene rings is 1. The number of carbonyl (C=O) groups excluding carboxylic acids is 1. The second-order valence-electron chi connectivity index (χ2n) is 4.73. The molecule has 0 spiro atoms. The fourth-order valence-electron chi connectivity index (χ4n) is 2.45. The topological polar surface area (TPSA) is 46.3 Å². The predicted octanol–water partition coefficient (Wildman–Crippen LogP) is 1.87. The largest absolute Gasteiger partial charge is 0.343 e. The van der Waals surface area contributed by atoms with Gasteiger partial charge in [-0.2, -0.15) is 0 Å². The van der Waals surface area contributed by atoms with Crippen LogP contribution in [0.4, 0.5) is 0 Å². The van der Waals surface area contributed by atoms with Crippen molar-refractivity contribution in [1.82, 2.24) is 4.90 Å². The van der Waals surface area contributed by atoms with Crippen LogP contribution in [0.3, 0.4) is 0 Å². The summed E-state index contributed by atoms with van der Waals surface area (Å²) < 4.78 is 0. The zero-order valence-electron chi connectivity index (χ0n) is 10.4. The molecule has 0 saturated carbocycles. The van der Waals surface area contributed by atoms with Crippen LogP contribution in [-0.2, 0) is 11.3 Å². The summed E-state index contributed by atoms with van der Waals surface area (Å²) in [7, 11) is 0. The van der Waals surface area contributed by atoms with Gasteiger partial charge in [0.2, 0.25) is 5.91 Å². The van der Waals surface area contributed by atoms with E-state index in [-0.39, 0.29) is 5.91 Å². The van der Waals surface area contributed by atoms with Crippen LogP contribution in [-0.4, -0.2) is 23.9 Å². The van der Waals surface area contributed by atoms with Crippen molar-refractivity contribution >= 4 is 5.91 Å². The third-order valence-electron chi connectivity index (χ3n) is 3.63. The number of amides is 1. The highest BCUT2D eigenvalue weighted by Crippen LogP contribution is 2.28. The van der Waals surface area contributed by atoms with Crippen LogP contribution in [0.2, 0.25) is 0 Å². The average Bonchev–Trinajstić information content (AvgIpc) is 2.39. The Hall–Kier alpha value is -1.35. The van der Waals surface area contributed by atoms with Crippen LogP contribution in [0.15, 0.2) is 24.3 Å². The number of nitrogens with two attached hydrogens (primary N) is 1. The molecule has 3 heteroatoms.